The molecule has 1 aliphatic heterocycles. The van der Waals surface area contributed by atoms with E-state index < -0.39 is 5.25 Å². The lowest BCUT2D eigenvalue weighted by molar-refractivity contribution is -0.116. The average molecular weight is 474 g/mol. The van der Waals surface area contributed by atoms with Gasteiger partial charge in [-0.05, 0) is 42.0 Å². The largest absolute Gasteiger partial charge is 0.497 e. The van der Waals surface area contributed by atoms with E-state index >= 15 is 0 Å². The van der Waals surface area contributed by atoms with Crippen molar-refractivity contribution in [1.29, 1.82) is 0 Å². The van der Waals surface area contributed by atoms with Gasteiger partial charge >= 0.3 is 0 Å². The van der Waals surface area contributed by atoms with Crippen LogP contribution in [0.4, 0.5) is 5.69 Å². The number of methoxy groups -OCH3 is 1. The van der Waals surface area contributed by atoms with Gasteiger partial charge in [-0.15, -0.1) is 10.2 Å². The second-order valence-electron chi connectivity index (χ2n) is 7.61. The molecule has 0 aliphatic carbocycles. The van der Waals surface area contributed by atoms with Gasteiger partial charge in [0.25, 0.3) is 0 Å². The molecule has 5 rings (SSSR count). The van der Waals surface area contributed by atoms with Crippen LogP contribution in [0, 0.1) is 0 Å². The van der Waals surface area contributed by atoms with E-state index in [9.17, 15) is 4.79 Å². The van der Waals surface area contributed by atoms with Crippen molar-refractivity contribution in [2.45, 2.75) is 23.1 Å². The summed E-state index contributed by atoms with van der Waals surface area (Å²) in [5, 5.41) is 11.7. The van der Waals surface area contributed by atoms with Crippen LogP contribution in [0.15, 0.2) is 90.1 Å². The zero-order valence-electron chi connectivity index (χ0n) is 18.4. The van der Waals surface area contributed by atoms with Crippen molar-refractivity contribution in [2.24, 2.45) is 0 Å². The lowest BCUT2D eigenvalue weighted by Gasteiger charge is -2.33. The highest BCUT2D eigenvalue weighted by molar-refractivity contribution is 8.00. The number of hydrogen-bond donors (Lipinski definition) is 2. The number of aromatic nitrogens is 3. The molecule has 34 heavy (non-hydrogen) atoms. The number of anilines is 1. The molecule has 0 spiro atoms. The quantitative estimate of drug-likeness (QED) is 0.414. The SMILES string of the molecule is COc1ccc([C@H]2Nn3c(COc4ccccc4)nnc3S[C@@H]2C(=O)Nc2ccccc2)cc1. The fourth-order valence-electron chi connectivity index (χ4n) is 3.65. The summed E-state index contributed by atoms with van der Waals surface area (Å²) in [5.74, 6) is 1.99. The van der Waals surface area contributed by atoms with E-state index in [1.165, 1.54) is 11.8 Å². The topological polar surface area (TPSA) is 90.3 Å². The first-order chi connectivity index (χ1) is 16.7. The number of para-hydroxylation sites is 2. The Kier molecular flexibility index (Phi) is 6.35. The minimum absolute atomic E-state index is 0.124. The van der Waals surface area contributed by atoms with E-state index in [1.807, 2.05) is 84.9 Å². The zero-order valence-corrected chi connectivity index (χ0v) is 19.2. The van der Waals surface area contributed by atoms with Crippen molar-refractivity contribution in [3.05, 3.63) is 96.3 Å². The number of carbonyl (C=O) groups is 1. The molecule has 1 aromatic heterocycles. The third-order valence-electron chi connectivity index (χ3n) is 5.39. The summed E-state index contributed by atoms with van der Waals surface area (Å²) in [4.78, 5) is 13.3. The molecule has 8 nitrogen and oxygen atoms in total. The molecule has 1 amide bonds. The van der Waals surface area contributed by atoms with Crippen molar-refractivity contribution in [2.75, 3.05) is 17.9 Å². The maximum atomic E-state index is 13.3. The van der Waals surface area contributed by atoms with Crippen LogP contribution >= 0.6 is 11.8 Å². The summed E-state index contributed by atoms with van der Waals surface area (Å²) < 4.78 is 13.0. The predicted molar refractivity (Wildman–Crippen MR) is 131 cm³/mol. The summed E-state index contributed by atoms with van der Waals surface area (Å²) in [7, 11) is 1.63. The average Bonchev–Trinajstić information content (AvgIpc) is 3.30. The van der Waals surface area contributed by atoms with Crippen LogP contribution in [-0.2, 0) is 11.4 Å². The summed E-state index contributed by atoms with van der Waals surface area (Å²) >= 11 is 1.37. The van der Waals surface area contributed by atoms with Crippen molar-refractivity contribution in [3.63, 3.8) is 0 Å². The molecule has 172 valence electrons. The first-order valence-electron chi connectivity index (χ1n) is 10.8. The number of carbonyl (C=O) groups excluding carboxylic acids is 1. The number of fused-ring (bicyclic) bond motifs is 1. The number of hydrogen-bond acceptors (Lipinski definition) is 7. The minimum Gasteiger partial charge on any atom is -0.497 e. The molecule has 2 heterocycles. The number of rotatable bonds is 7. The van der Waals surface area contributed by atoms with Gasteiger partial charge in [0.15, 0.2) is 5.82 Å². The zero-order chi connectivity index (χ0) is 23.3. The van der Waals surface area contributed by atoms with Gasteiger partial charge in [0, 0.05) is 5.69 Å². The van der Waals surface area contributed by atoms with E-state index in [2.05, 4.69) is 20.9 Å². The Morgan fingerprint density at radius 1 is 0.971 bits per heavy atom. The molecule has 2 atom stereocenters. The lowest BCUT2D eigenvalue weighted by atomic mass is 10.0. The number of thioether (sulfide) groups is 1. The van der Waals surface area contributed by atoms with Gasteiger partial charge < -0.3 is 20.2 Å². The normalized spacial score (nSPS) is 16.7. The Balaban J connectivity index is 1.42. The molecule has 0 saturated carbocycles. The Labute approximate surface area is 201 Å². The first-order valence-corrected chi connectivity index (χ1v) is 11.6. The van der Waals surface area contributed by atoms with Crippen LogP contribution in [0.25, 0.3) is 0 Å². The molecule has 0 radical (unpaired) electrons. The maximum absolute atomic E-state index is 13.3. The van der Waals surface area contributed by atoms with Gasteiger partial charge in [-0.3, -0.25) is 4.79 Å². The molecule has 3 aromatic carbocycles. The smallest absolute Gasteiger partial charge is 0.240 e. The van der Waals surface area contributed by atoms with Gasteiger partial charge in [-0.2, -0.15) is 0 Å². The van der Waals surface area contributed by atoms with Crippen LogP contribution < -0.4 is 20.2 Å². The van der Waals surface area contributed by atoms with Gasteiger partial charge in [0.2, 0.25) is 11.1 Å². The molecule has 9 heteroatoms. The fraction of sp³-hybridized carbons (Fsp3) is 0.160. The maximum Gasteiger partial charge on any atom is 0.240 e. The highest BCUT2D eigenvalue weighted by atomic mass is 32.2. The molecular formula is C25H23N5O3S. The van der Waals surface area contributed by atoms with Crippen molar-refractivity contribution in [1.82, 2.24) is 14.9 Å². The summed E-state index contributed by atoms with van der Waals surface area (Å²) in [5.41, 5.74) is 5.12. The second kappa shape index (κ2) is 9.88. The van der Waals surface area contributed by atoms with Crippen LogP contribution in [-0.4, -0.2) is 33.1 Å². The van der Waals surface area contributed by atoms with Crippen molar-refractivity contribution >= 4 is 23.4 Å². The monoisotopic (exact) mass is 473 g/mol. The van der Waals surface area contributed by atoms with Gasteiger partial charge in [0.05, 0.1) is 13.2 Å². The molecule has 4 aromatic rings. The molecule has 2 N–H and O–H groups in total. The van der Waals surface area contributed by atoms with Crippen molar-refractivity contribution < 1.29 is 14.3 Å². The Morgan fingerprint density at radius 3 is 2.38 bits per heavy atom. The molecule has 0 saturated heterocycles. The van der Waals surface area contributed by atoms with E-state index in [0.29, 0.717) is 11.0 Å². The summed E-state index contributed by atoms with van der Waals surface area (Å²) in [6.07, 6.45) is 0. The Hall–Kier alpha value is -3.98. The molecular weight excluding hydrogens is 450 g/mol. The number of benzene rings is 3. The summed E-state index contributed by atoms with van der Waals surface area (Å²) in [6.45, 7) is 0.237. The molecule has 0 fully saturated rings. The van der Waals surface area contributed by atoms with Crippen LogP contribution in [0.3, 0.4) is 0 Å². The Morgan fingerprint density at radius 2 is 1.68 bits per heavy atom. The van der Waals surface area contributed by atoms with Crippen LogP contribution in [0.1, 0.15) is 17.4 Å². The fourth-order valence-corrected chi connectivity index (χ4v) is 4.75. The van der Waals surface area contributed by atoms with E-state index in [-0.39, 0.29) is 18.6 Å². The predicted octanol–water partition coefficient (Wildman–Crippen LogP) is 4.26. The number of amides is 1. The van der Waals surface area contributed by atoms with Crippen LogP contribution in [0.2, 0.25) is 0 Å². The number of nitrogens with zero attached hydrogens (tertiary/aromatic N) is 3. The number of nitrogens with one attached hydrogen (secondary N) is 2. The minimum atomic E-state index is -0.479. The molecule has 0 unspecified atom stereocenters. The second-order valence-corrected chi connectivity index (χ2v) is 8.72. The lowest BCUT2D eigenvalue weighted by Crippen LogP contribution is -2.41. The Bertz CT molecular complexity index is 1250. The van der Waals surface area contributed by atoms with Gasteiger partial charge in [0.1, 0.15) is 23.4 Å². The third kappa shape index (κ3) is 4.69. The molecule has 0 bridgehead atoms. The van der Waals surface area contributed by atoms with E-state index in [0.717, 1.165) is 22.7 Å². The standard InChI is InChI=1S/C25H23N5O3S/c1-32-19-14-12-17(13-15-19)22-23(24(31)26-18-8-4-2-5-9-18)34-25-28-27-21(30(25)29-22)16-33-20-10-6-3-7-11-20/h2-15,22-23,29H,16H2,1H3,(H,26,31)/t22-,23+/m1/s1. The van der Waals surface area contributed by atoms with Gasteiger partial charge in [-0.25, -0.2) is 4.68 Å². The van der Waals surface area contributed by atoms with Gasteiger partial charge in [-0.1, -0.05) is 60.3 Å². The number of ether oxygens (including phenoxy) is 2. The van der Waals surface area contributed by atoms with E-state index in [1.54, 1.807) is 11.8 Å². The van der Waals surface area contributed by atoms with Crippen molar-refractivity contribution in [3.8, 4) is 11.5 Å². The molecule has 1 aliphatic rings. The third-order valence-corrected chi connectivity index (χ3v) is 6.60. The highest BCUT2D eigenvalue weighted by Gasteiger charge is 2.38. The first kappa shape index (κ1) is 21.8. The van der Waals surface area contributed by atoms with Crippen LogP contribution in [0.5, 0.6) is 11.5 Å². The van der Waals surface area contributed by atoms with E-state index in [4.69, 9.17) is 9.47 Å². The summed E-state index contributed by atoms with van der Waals surface area (Å²) in [6, 6.07) is 26.3. The highest BCUT2D eigenvalue weighted by Crippen LogP contribution is 2.38.